The van der Waals surface area contributed by atoms with E-state index in [1.807, 2.05) is 67.7 Å². The molecule has 2 N–H and O–H groups in total. The van der Waals surface area contributed by atoms with Crippen LogP contribution in [0.3, 0.4) is 0 Å². The molecular formula is C27H26N4OS. The number of aryl methyl sites for hydroxylation is 3. The van der Waals surface area contributed by atoms with Crippen molar-refractivity contribution in [3.05, 3.63) is 107 Å². The predicted octanol–water partition coefficient (Wildman–Crippen LogP) is 6.30. The molecule has 1 fully saturated rings. The Balaban J connectivity index is 1.51. The van der Waals surface area contributed by atoms with Gasteiger partial charge in [-0.3, -0.25) is 4.98 Å². The number of rotatable bonds is 5. The van der Waals surface area contributed by atoms with E-state index in [0.717, 1.165) is 39.8 Å². The van der Waals surface area contributed by atoms with E-state index in [4.69, 9.17) is 17.0 Å². The second-order valence-electron chi connectivity index (χ2n) is 8.39. The lowest BCUT2D eigenvalue weighted by atomic mass is 9.96. The molecule has 33 heavy (non-hydrogen) atoms. The molecule has 0 spiro atoms. The van der Waals surface area contributed by atoms with Crippen molar-refractivity contribution in [2.75, 3.05) is 4.90 Å². The van der Waals surface area contributed by atoms with Crippen molar-refractivity contribution in [2.45, 2.75) is 32.9 Å². The number of aromatic nitrogens is 2. The minimum Gasteiger partial charge on any atom is -0.457 e. The number of aromatic amines is 1. The number of para-hydroxylation sites is 1. The molecule has 0 radical (unpaired) electrons. The number of hydrogen-bond donors (Lipinski definition) is 2. The van der Waals surface area contributed by atoms with Gasteiger partial charge in [0.25, 0.3) is 0 Å². The molecule has 4 aromatic rings. The number of nitrogens with zero attached hydrogens (tertiary/aromatic N) is 2. The summed E-state index contributed by atoms with van der Waals surface area (Å²) in [5.41, 5.74) is 6.53. The Morgan fingerprint density at radius 2 is 1.70 bits per heavy atom. The van der Waals surface area contributed by atoms with Crippen LogP contribution in [-0.2, 0) is 0 Å². The highest BCUT2D eigenvalue weighted by Gasteiger charge is 2.41. The first-order valence-corrected chi connectivity index (χ1v) is 11.4. The Labute approximate surface area is 199 Å². The first-order valence-electron chi connectivity index (χ1n) is 11.0. The van der Waals surface area contributed by atoms with Gasteiger partial charge in [0.2, 0.25) is 0 Å². The van der Waals surface area contributed by atoms with E-state index in [0.29, 0.717) is 5.11 Å². The second-order valence-corrected chi connectivity index (χ2v) is 8.78. The molecule has 1 aliphatic heterocycles. The van der Waals surface area contributed by atoms with Crippen molar-refractivity contribution in [1.82, 2.24) is 15.3 Å². The quantitative estimate of drug-likeness (QED) is 0.346. The summed E-state index contributed by atoms with van der Waals surface area (Å²) >= 11 is 5.83. The molecular weight excluding hydrogens is 428 g/mol. The van der Waals surface area contributed by atoms with Crippen LogP contribution >= 0.6 is 12.2 Å². The van der Waals surface area contributed by atoms with Gasteiger partial charge in [0, 0.05) is 23.3 Å². The van der Waals surface area contributed by atoms with Crippen molar-refractivity contribution in [3.8, 4) is 11.5 Å². The fourth-order valence-corrected chi connectivity index (χ4v) is 4.82. The molecule has 2 aromatic carbocycles. The Bertz CT molecular complexity index is 1280. The van der Waals surface area contributed by atoms with Crippen LogP contribution in [0.25, 0.3) is 0 Å². The maximum absolute atomic E-state index is 6.10. The summed E-state index contributed by atoms with van der Waals surface area (Å²) in [5.74, 6) is 1.65. The third kappa shape index (κ3) is 4.10. The summed E-state index contributed by atoms with van der Waals surface area (Å²) < 4.78 is 6.10. The zero-order valence-electron chi connectivity index (χ0n) is 18.9. The first kappa shape index (κ1) is 21.2. The van der Waals surface area contributed by atoms with Crippen molar-refractivity contribution < 1.29 is 4.74 Å². The van der Waals surface area contributed by atoms with E-state index >= 15 is 0 Å². The molecule has 2 aromatic heterocycles. The van der Waals surface area contributed by atoms with Gasteiger partial charge < -0.3 is 19.9 Å². The number of nitrogens with one attached hydrogen (secondary N) is 2. The highest BCUT2D eigenvalue weighted by molar-refractivity contribution is 7.80. The van der Waals surface area contributed by atoms with E-state index in [2.05, 4.69) is 52.2 Å². The fraction of sp³-hybridized carbons (Fsp3) is 0.185. The van der Waals surface area contributed by atoms with Crippen molar-refractivity contribution in [3.63, 3.8) is 0 Å². The van der Waals surface area contributed by atoms with Crippen LogP contribution in [-0.4, -0.2) is 15.1 Å². The molecule has 0 bridgehead atoms. The number of pyridine rings is 1. The predicted molar refractivity (Wildman–Crippen MR) is 136 cm³/mol. The van der Waals surface area contributed by atoms with Crippen LogP contribution in [0.15, 0.2) is 79.0 Å². The maximum Gasteiger partial charge on any atom is 0.174 e. The molecule has 0 saturated carbocycles. The number of anilines is 1. The van der Waals surface area contributed by atoms with Gasteiger partial charge in [-0.1, -0.05) is 24.3 Å². The van der Waals surface area contributed by atoms with Crippen molar-refractivity contribution in [1.29, 1.82) is 0 Å². The van der Waals surface area contributed by atoms with Crippen LogP contribution in [0.2, 0.25) is 0 Å². The lowest BCUT2D eigenvalue weighted by Gasteiger charge is -2.28. The van der Waals surface area contributed by atoms with Gasteiger partial charge >= 0.3 is 0 Å². The summed E-state index contributed by atoms with van der Waals surface area (Å²) in [6.45, 7) is 6.23. The summed E-state index contributed by atoms with van der Waals surface area (Å²) in [5, 5.41) is 4.20. The molecule has 0 aliphatic carbocycles. The fourth-order valence-electron chi connectivity index (χ4n) is 4.47. The van der Waals surface area contributed by atoms with E-state index in [1.54, 1.807) is 0 Å². The molecule has 1 aliphatic rings. The second kappa shape index (κ2) is 8.71. The minimum atomic E-state index is -0.0597. The Morgan fingerprint density at radius 1 is 0.939 bits per heavy atom. The highest BCUT2D eigenvalue weighted by Crippen LogP contribution is 2.43. The molecule has 2 atom stereocenters. The van der Waals surface area contributed by atoms with Crippen LogP contribution in [0.4, 0.5) is 5.69 Å². The lowest BCUT2D eigenvalue weighted by molar-refractivity contribution is 0.479. The highest BCUT2D eigenvalue weighted by atomic mass is 32.1. The third-order valence-electron chi connectivity index (χ3n) is 6.04. The zero-order valence-corrected chi connectivity index (χ0v) is 19.7. The lowest BCUT2D eigenvalue weighted by Crippen LogP contribution is -2.29. The molecule has 0 amide bonds. The summed E-state index contributed by atoms with van der Waals surface area (Å²) in [7, 11) is 0. The number of H-pyrrole nitrogens is 1. The summed E-state index contributed by atoms with van der Waals surface area (Å²) in [4.78, 5) is 10.3. The van der Waals surface area contributed by atoms with Gasteiger partial charge in [0.05, 0.1) is 17.8 Å². The van der Waals surface area contributed by atoms with Gasteiger partial charge in [0.15, 0.2) is 5.11 Å². The molecule has 5 rings (SSSR count). The van der Waals surface area contributed by atoms with Crippen LogP contribution < -0.4 is 15.0 Å². The normalized spacial score (nSPS) is 17.8. The SMILES string of the molecule is Cc1cc(C2C(c3ccccn3)NC(=S)N2c2ccc(Oc3ccccc3C)cc2)c(C)[nH]1. The number of benzene rings is 2. The Kier molecular flexibility index (Phi) is 5.60. The topological polar surface area (TPSA) is 53.2 Å². The van der Waals surface area contributed by atoms with Gasteiger partial charge in [-0.15, -0.1) is 0 Å². The summed E-state index contributed by atoms with van der Waals surface area (Å²) in [6.07, 6.45) is 1.83. The Hall–Kier alpha value is -3.64. The molecule has 5 nitrogen and oxygen atoms in total. The average molecular weight is 455 g/mol. The number of thiocarbonyl (C=S) groups is 1. The average Bonchev–Trinajstić information content (AvgIpc) is 3.34. The van der Waals surface area contributed by atoms with Crippen LogP contribution in [0.5, 0.6) is 11.5 Å². The van der Waals surface area contributed by atoms with Gasteiger partial charge in [0.1, 0.15) is 11.5 Å². The van der Waals surface area contributed by atoms with E-state index in [-0.39, 0.29) is 12.1 Å². The first-order chi connectivity index (χ1) is 16.0. The van der Waals surface area contributed by atoms with E-state index < -0.39 is 0 Å². The van der Waals surface area contributed by atoms with Crippen LogP contribution in [0, 0.1) is 20.8 Å². The van der Waals surface area contributed by atoms with Crippen molar-refractivity contribution >= 4 is 23.0 Å². The molecule has 3 heterocycles. The zero-order chi connectivity index (χ0) is 22.9. The van der Waals surface area contributed by atoms with Crippen LogP contribution in [0.1, 0.15) is 40.3 Å². The van der Waals surface area contributed by atoms with Gasteiger partial charge in [-0.25, -0.2) is 0 Å². The van der Waals surface area contributed by atoms with Crippen molar-refractivity contribution in [2.24, 2.45) is 0 Å². The number of hydrogen-bond acceptors (Lipinski definition) is 3. The monoisotopic (exact) mass is 454 g/mol. The smallest absolute Gasteiger partial charge is 0.174 e. The van der Waals surface area contributed by atoms with E-state index in [1.165, 1.54) is 5.56 Å². The largest absolute Gasteiger partial charge is 0.457 e. The molecule has 1 saturated heterocycles. The van der Waals surface area contributed by atoms with Gasteiger partial charge in [-0.2, -0.15) is 0 Å². The number of ether oxygens (including phenoxy) is 1. The standard InChI is InChI=1S/C27H26N4OS/c1-17-8-4-5-10-24(17)32-21-13-11-20(12-14-21)31-26(22-16-18(2)29-19(22)3)25(30-27(31)33)23-9-6-7-15-28-23/h4-16,25-26,29H,1-3H3,(H,30,33). The Morgan fingerprint density at radius 3 is 2.36 bits per heavy atom. The minimum absolute atomic E-state index is 0.0273. The molecule has 2 unspecified atom stereocenters. The van der Waals surface area contributed by atoms with Gasteiger partial charge in [-0.05, 0) is 92.6 Å². The third-order valence-corrected chi connectivity index (χ3v) is 6.36. The maximum atomic E-state index is 6.10. The van der Waals surface area contributed by atoms with E-state index in [9.17, 15) is 0 Å². The summed E-state index contributed by atoms with van der Waals surface area (Å²) in [6, 6.07) is 24.2. The molecule has 166 valence electrons. The molecule has 6 heteroatoms.